The van der Waals surface area contributed by atoms with Crippen molar-refractivity contribution in [2.75, 3.05) is 30.4 Å². The molecule has 1 aliphatic rings. The van der Waals surface area contributed by atoms with Gasteiger partial charge in [-0.25, -0.2) is 11.0 Å². The molecule has 0 spiro atoms. The fourth-order valence-corrected chi connectivity index (χ4v) is 5.34. The van der Waals surface area contributed by atoms with Crippen LogP contribution in [0.15, 0.2) is 54.6 Å². The van der Waals surface area contributed by atoms with E-state index in [4.69, 9.17) is 16.3 Å². The quantitative estimate of drug-likeness (QED) is 0.144. The van der Waals surface area contributed by atoms with Gasteiger partial charge >= 0.3 is 5.97 Å². The number of rotatable bonds is 9. The number of hydrazine groups is 1. The molecule has 3 aromatic rings. The summed E-state index contributed by atoms with van der Waals surface area (Å²) in [6.45, 7) is 7.47. The van der Waals surface area contributed by atoms with Gasteiger partial charge in [0.25, 0.3) is 5.91 Å². The van der Waals surface area contributed by atoms with E-state index in [-0.39, 0.29) is 30.8 Å². The zero-order valence-electron chi connectivity index (χ0n) is 22.8. The second-order valence-corrected chi connectivity index (χ2v) is 9.78. The van der Waals surface area contributed by atoms with Crippen LogP contribution in [0.25, 0.3) is 0 Å². The maximum Gasteiger partial charge on any atom is 0.306 e. The highest BCUT2D eigenvalue weighted by molar-refractivity contribution is 5.94. The van der Waals surface area contributed by atoms with Crippen molar-refractivity contribution in [2.45, 2.75) is 46.1 Å². The van der Waals surface area contributed by atoms with Gasteiger partial charge in [-0.2, -0.15) is 5.48 Å². The average Bonchev–Trinajstić information content (AvgIpc) is 2.96. The van der Waals surface area contributed by atoms with Crippen LogP contribution >= 0.6 is 0 Å². The largest absolute Gasteiger partial charge is 0.466 e. The van der Waals surface area contributed by atoms with Crippen molar-refractivity contribution >= 4 is 28.9 Å². The van der Waals surface area contributed by atoms with E-state index in [2.05, 4.69) is 0 Å². The molecular weight excluding hydrogens is 494 g/mol. The summed E-state index contributed by atoms with van der Waals surface area (Å²) < 4.78 is 5.32. The van der Waals surface area contributed by atoms with Crippen LogP contribution in [0.5, 0.6) is 0 Å². The Morgan fingerprint density at radius 2 is 1.90 bits per heavy atom. The van der Waals surface area contributed by atoms with Crippen molar-refractivity contribution < 1.29 is 25.0 Å². The molecule has 4 rings (SSSR count). The van der Waals surface area contributed by atoms with Gasteiger partial charge in [0.1, 0.15) is 0 Å². The molecule has 0 saturated carbocycles. The molecule has 0 aliphatic carbocycles. The third-order valence-corrected chi connectivity index (χ3v) is 7.48. The van der Waals surface area contributed by atoms with Crippen molar-refractivity contribution in [3.05, 3.63) is 88.0 Å². The van der Waals surface area contributed by atoms with E-state index < -0.39 is 0 Å². The first-order valence-corrected chi connectivity index (χ1v) is 13.3. The molecule has 0 bridgehead atoms. The van der Waals surface area contributed by atoms with E-state index in [9.17, 15) is 14.8 Å². The van der Waals surface area contributed by atoms with Crippen LogP contribution < -0.4 is 22.1 Å². The Morgan fingerprint density at radius 1 is 1.15 bits per heavy atom. The number of hydrogen-bond acceptors (Lipinski definition) is 7. The molecule has 9 nitrogen and oxygen atoms in total. The fourth-order valence-electron chi connectivity index (χ4n) is 5.34. The van der Waals surface area contributed by atoms with Gasteiger partial charge in [0, 0.05) is 42.7 Å². The average molecular weight is 533 g/mol. The predicted octanol–water partition coefficient (Wildman–Crippen LogP) is 3.14. The molecule has 0 aromatic heterocycles. The van der Waals surface area contributed by atoms with Crippen molar-refractivity contribution in [3.63, 3.8) is 0 Å². The number of ether oxygens (including phenoxy) is 1. The van der Waals surface area contributed by atoms with Crippen LogP contribution in [0, 0.1) is 6.92 Å². The molecule has 206 valence electrons. The number of nitrogens with two attached hydrogens (primary N) is 3. The van der Waals surface area contributed by atoms with Crippen molar-refractivity contribution in [1.29, 1.82) is 0 Å². The summed E-state index contributed by atoms with van der Waals surface area (Å²) in [5.41, 5.74) is 14.7. The summed E-state index contributed by atoms with van der Waals surface area (Å²) in [6, 6.07) is 17.0. The molecule has 7 N–H and O–H groups in total. The minimum Gasteiger partial charge on any atom is -0.466 e. The predicted molar refractivity (Wildman–Crippen MR) is 151 cm³/mol. The zero-order chi connectivity index (χ0) is 28.1. The minimum atomic E-state index is -0.377. The number of nitrogen functional groups attached to an aromatic ring is 1. The third kappa shape index (κ3) is 5.90. The van der Waals surface area contributed by atoms with Crippen LogP contribution in [0.2, 0.25) is 0 Å². The molecule has 3 aromatic carbocycles. The van der Waals surface area contributed by atoms with E-state index in [1.807, 2.05) is 73.3 Å². The number of fused-ring (bicyclic) bond motifs is 1. The number of esters is 1. The molecule has 1 aliphatic heterocycles. The van der Waals surface area contributed by atoms with Gasteiger partial charge in [-0.05, 0) is 67.6 Å². The summed E-state index contributed by atoms with van der Waals surface area (Å²) in [7, 11) is 0. The van der Waals surface area contributed by atoms with Gasteiger partial charge in [0.15, 0.2) is 5.69 Å². The summed E-state index contributed by atoms with van der Waals surface area (Å²) >= 11 is 0. The number of quaternary nitrogens is 1. The Hall–Kier alpha value is -3.92. The first kappa shape index (κ1) is 28.1. The summed E-state index contributed by atoms with van der Waals surface area (Å²) in [5.74, 6) is 5.39. The second-order valence-electron chi connectivity index (χ2n) is 9.78. The first-order valence-electron chi connectivity index (χ1n) is 13.3. The maximum atomic E-state index is 13.2. The molecule has 0 saturated heterocycles. The van der Waals surface area contributed by atoms with Gasteiger partial charge in [-0.3, -0.25) is 9.59 Å². The first-order chi connectivity index (χ1) is 18.8. The number of carbonyl (C=O) groups excluding carboxylic acids is 2. The van der Waals surface area contributed by atoms with E-state index in [1.54, 1.807) is 11.9 Å². The molecular formula is C30H38N5O4+. The van der Waals surface area contributed by atoms with Crippen LogP contribution in [-0.2, 0) is 22.5 Å². The van der Waals surface area contributed by atoms with Gasteiger partial charge < -0.3 is 20.4 Å². The summed E-state index contributed by atoms with van der Waals surface area (Å²) in [4.78, 5) is 27.8. The van der Waals surface area contributed by atoms with E-state index >= 15 is 0 Å². The summed E-state index contributed by atoms with van der Waals surface area (Å²) in [6.07, 6.45) is 0.719. The van der Waals surface area contributed by atoms with Crippen molar-refractivity contribution in [1.82, 2.24) is 4.90 Å². The van der Waals surface area contributed by atoms with E-state index in [0.29, 0.717) is 43.0 Å². The van der Waals surface area contributed by atoms with Crippen LogP contribution in [0.1, 0.15) is 64.4 Å². The standard InChI is InChI=1S/C30H37N5O4/c1-4-35(32)27-12-11-23(19(3)29(27)31)25(17-28(36)39-5-2)21-15-22-18-34(14-13-24(22)26(16-21)33-38)30(37)20-9-7-6-8-10-20/h6-12,15-16,25,33,38H,4-5,13-14,17-18,31-32H2,1-3H3/p+1. The van der Waals surface area contributed by atoms with Gasteiger partial charge in [-0.15, -0.1) is 0 Å². The molecule has 0 radical (unpaired) electrons. The topological polar surface area (TPSA) is 139 Å². The monoisotopic (exact) mass is 532 g/mol. The minimum absolute atomic E-state index is 0.0364. The number of amides is 1. The molecule has 1 atom stereocenters. The Morgan fingerprint density at radius 3 is 2.56 bits per heavy atom. The van der Waals surface area contributed by atoms with Crippen LogP contribution in [-0.4, -0.2) is 41.7 Å². The lowest BCUT2D eigenvalue weighted by atomic mass is 9.82. The lowest BCUT2D eigenvalue weighted by molar-refractivity contribution is -0.826. The number of carbonyl (C=O) groups is 2. The van der Waals surface area contributed by atoms with Gasteiger partial charge in [-0.1, -0.05) is 30.3 Å². The lowest BCUT2D eigenvalue weighted by Gasteiger charge is -2.31. The Balaban J connectivity index is 1.77. The fraction of sp³-hybridized carbons (Fsp3) is 0.333. The Bertz CT molecular complexity index is 1340. The normalized spacial score (nSPS) is 13.5. The Labute approximate surface area is 229 Å². The maximum absolute atomic E-state index is 13.2. The second kappa shape index (κ2) is 12.3. The highest BCUT2D eigenvalue weighted by atomic mass is 16.5. The number of hydrogen-bond donors (Lipinski definition) is 4. The summed E-state index contributed by atoms with van der Waals surface area (Å²) in [5, 5.41) is 11.8. The van der Waals surface area contributed by atoms with E-state index in [0.717, 1.165) is 39.0 Å². The molecule has 0 fully saturated rings. The SMILES string of the molecule is CCOC(=O)CC(c1cc2c(c([NH2+]O)c1)CCN(C(=O)c1ccccc1)C2)c1ccc(N(N)CC)c(N)c1C. The van der Waals surface area contributed by atoms with Gasteiger partial charge in [0.2, 0.25) is 0 Å². The highest BCUT2D eigenvalue weighted by Crippen LogP contribution is 2.39. The molecule has 1 unspecified atom stereocenters. The highest BCUT2D eigenvalue weighted by Gasteiger charge is 2.29. The number of anilines is 2. The van der Waals surface area contributed by atoms with Crippen LogP contribution in [0.4, 0.5) is 17.1 Å². The molecule has 39 heavy (non-hydrogen) atoms. The lowest BCUT2D eigenvalue weighted by Crippen LogP contribution is -2.74. The number of benzene rings is 3. The third-order valence-electron chi connectivity index (χ3n) is 7.48. The van der Waals surface area contributed by atoms with Gasteiger partial charge in [0.05, 0.1) is 24.4 Å². The van der Waals surface area contributed by atoms with E-state index in [1.165, 1.54) is 0 Å². The molecule has 1 heterocycles. The molecule has 9 heteroatoms. The smallest absolute Gasteiger partial charge is 0.306 e. The number of nitrogens with zero attached hydrogens (tertiary/aromatic N) is 2. The van der Waals surface area contributed by atoms with Crippen molar-refractivity contribution in [3.8, 4) is 0 Å². The Kier molecular flexibility index (Phi) is 8.86. The van der Waals surface area contributed by atoms with Crippen molar-refractivity contribution in [2.24, 2.45) is 5.84 Å². The zero-order valence-corrected chi connectivity index (χ0v) is 22.8. The molecule has 1 amide bonds. The van der Waals surface area contributed by atoms with Crippen LogP contribution in [0.3, 0.4) is 0 Å².